The van der Waals surface area contributed by atoms with E-state index in [2.05, 4.69) is 36.9 Å². The highest BCUT2D eigenvalue weighted by molar-refractivity contribution is 5.98. The number of hydrogen-bond donors (Lipinski definition) is 13. The lowest BCUT2D eigenvalue weighted by atomic mass is 9.96. The van der Waals surface area contributed by atoms with Crippen LogP contribution in [0.2, 0.25) is 0 Å². The summed E-state index contributed by atoms with van der Waals surface area (Å²) in [5.41, 5.74) is 34.8. The molecule has 0 heterocycles. The molecule has 0 radical (unpaired) electrons. The van der Waals surface area contributed by atoms with Crippen molar-refractivity contribution in [1.29, 1.82) is 0 Å². The van der Waals surface area contributed by atoms with Gasteiger partial charge in [-0.2, -0.15) is 0 Å². The second-order valence-electron chi connectivity index (χ2n) is 16.4. The SMILES string of the molecule is CCC(C)C(NC(=O)C(Cc1ccccc1)NC(=O)C(CCC(=O)O)NC(=O)C(CC(N)=O)NC(=O)C(N)CCCCN)C(=O)NC(CCCN=C(N)N)C(=O)NC(Cc1ccccc1)C(N)=O. The number of guanidine groups is 1. The smallest absolute Gasteiger partial charge is 0.303 e. The van der Waals surface area contributed by atoms with Gasteiger partial charge >= 0.3 is 5.97 Å². The molecule has 374 valence electrons. The van der Waals surface area contributed by atoms with E-state index in [-0.39, 0.29) is 44.6 Å². The van der Waals surface area contributed by atoms with Gasteiger partial charge in [0.15, 0.2) is 5.96 Å². The summed E-state index contributed by atoms with van der Waals surface area (Å²) in [5, 5.41) is 24.9. The van der Waals surface area contributed by atoms with Crippen LogP contribution in [-0.4, -0.2) is 120 Å². The van der Waals surface area contributed by atoms with Gasteiger partial charge in [-0.05, 0) is 55.7 Å². The number of carboxylic acids is 1. The number of unbranched alkanes of at least 4 members (excludes halogenated alkanes) is 1. The van der Waals surface area contributed by atoms with Crippen LogP contribution in [0.5, 0.6) is 0 Å². The summed E-state index contributed by atoms with van der Waals surface area (Å²) in [7, 11) is 0. The molecule has 0 fully saturated rings. The molecule has 23 nitrogen and oxygen atoms in total. The summed E-state index contributed by atoms with van der Waals surface area (Å²) >= 11 is 0. The van der Waals surface area contributed by atoms with Gasteiger partial charge in [-0.1, -0.05) is 87.4 Å². The summed E-state index contributed by atoms with van der Waals surface area (Å²) in [6.45, 7) is 3.90. The molecule has 0 saturated carbocycles. The van der Waals surface area contributed by atoms with Gasteiger partial charge in [-0.15, -0.1) is 0 Å². The molecule has 0 spiro atoms. The van der Waals surface area contributed by atoms with Gasteiger partial charge in [0.1, 0.15) is 36.3 Å². The van der Waals surface area contributed by atoms with Gasteiger partial charge < -0.3 is 71.4 Å². The number of carbonyl (C=O) groups excluding carboxylic acids is 8. The number of nitrogens with two attached hydrogens (primary N) is 6. The van der Waals surface area contributed by atoms with Crippen LogP contribution < -0.4 is 66.3 Å². The third kappa shape index (κ3) is 21.4. The maximum absolute atomic E-state index is 14.4. The number of hydrogen-bond acceptors (Lipinski definition) is 12. The monoisotopic (exact) mass is 952 g/mol. The van der Waals surface area contributed by atoms with Crippen molar-refractivity contribution < 1.29 is 48.3 Å². The maximum Gasteiger partial charge on any atom is 0.303 e. The average Bonchev–Trinajstić information content (AvgIpc) is 3.29. The van der Waals surface area contributed by atoms with E-state index >= 15 is 0 Å². The third-order valence-electron chi connectivity index (χ3n) is 10.9. The minimum atomic E-state index is -1.63. The van der Waals surface area contributed by atoms with Crippen molar-refractivity contribution in [3.05, 3.63) is 71.8 Å². The molecule has 68 heavy (non-hydrogen) atoms. The van der Waals surface area contributed by atoms with Crippen molar-refractivity contribution in [3.8, 4) is 0 Å². The minimum absolute atomic E-state index is 0.00589. The van der Waals surface area contributed by atoms with E-state index in [0.29, 0.717) is 36.9 Å². The van der Waals surface area contributed by atoms with Gasteiger partial charge in [-0.3, -0.25) is 48.1 Å². The molecule has 0 aliphatic heterocycles. The molecule has 2 aromatic carbocycles. The molecule has 19 N–H and O–H groups in total. The number of carboxylic acid groups (broad SMARTS) is 1. The number of carbonyl (C=O) groups is 9. The Bertz CT molecular complexity index is 2020. The second kappa shape index (κ2) is 30.2. The molecular weight excluding hydrogens is 883 g/mol. The zero-order chi connectivity index (χ0) is 50.8. The van der Waals surface area contributed by atoms with Gasteiger partial charge in [0.05, 0.1) is 12.5 Å². The summed E-state index contributed by atoms with van der Waals surface area (Å²) in [4.78, 5) is 123. The first-order valence-electron chi connectivity index (χ1n) is 22.5. The molecule has 0 aliphatic carbocycles. The lowest BCUT2D eigenvalue weighted by Gasteiger charge is -2.29. The Kier molecular flexibility index (Phi) is 25.3. The van der Waals surface area contributed by atoms with Crippen LogP contribution in [-0.2, 0) is 56.0 Å². The molecule has 23 heteroatoms. The van der Waals surface area contributed by atoms with Crippen LogP contribution in [0.1, 0.15) is 82.8 Å². The van der Waals surface area contributed by atoms with Gasteiger partial charge in [0, 0.05) is 25.8 Å². The van der Waals surface area contributed by atoms with Gasteiger partial charge in [0.2, 0.25) is 47.3 Å². The van der Waals surface area contributed by atoms with Gasteiger partial charge in [-0.25, -0.2) is 0 Å². The van der Waals surface area contributed by atoms with Crippen LogP contribution in [0.3, 0.4) is 0 Å². The lowest BCUT2D eigenvalue weighted by molar-refractivity contribution is -0.138. The number of aliphatic imine (C=N–C) groups is 1. The van der Waals surface area contributed by atoms with E-state index in [1.54, 1.807) is 74.5 Å². The number of rotatable bonds is 32. The number of amides is 8. The van der Waals surface area contributed by atoms with Crippen LogP contribution in [0.15, 0.2) is 65.7 Å². The zero-order valence-corrected chi connectivity index (χ0v) is 38.6. The fourth-order valence-electron chi connectivity index (χ4n) is 6.80. The fraction of sp³-hybridized carbons (Fsp3) is 0.511. The molecular formula is C45H69N13O10. The van der Waals surface area contributed by atoms with Crippen LogP contribution >= 0.6 is 0 Å². The Morgan fingerprint density at radius 2 is 1.07 bits per heavy atom. The highest BCUT2D eigenvalue weighted by atomic mass is 16.4. The van der Waals surface area contributed by atoms with E-state index in [4.69, 9.17) is 34.4 Å². The lowest BCUT2D eigenvalue weighted by Crippen LogP contribution is -2.61. The Labute approximate surface area is 395 Å². The number of nitrogens with one attached hydrogen (secondary N) is 6. The van der Waals surface area contributed by atoms with Crippen molar-refractivity contribution in [2.24, 2.45) is 45.3 Å². The number of primary amides is 2. The van der Waals surface area contributed by atoms with E-state index in [9.17, 15) is 48.3 Å². The van der Waals surface area contributed by atoms with E-state index in [1.165, 1.54) is 0 Å². The molecule has 2 rings (SSSR count). The quantitative estimate of drug-likeness (QED) is 0.0200. The van der Waals surface area contributed by atoms with Crippen molar-refractivity contribution in [2.45, 2.75) is 127 Å². The predicted molar refractivity (Wildman–Crippen MR) is 252 cm³/mol. The number of nitrogens with zero attached hydrogens (tertiary/aromatic N) is 1. The van der Waals surface area contributed by atoms with E-state index in [0.717, 1.165) is 0 Å². The highest BCUT2D eigenvalue weighted by Crippen LogP contribution is 2.13. The first kappa shape index (κ1) is 57.0. The normalized spacial score (nSPS) is 14.4. The molecule has 0 aromatic heterocycles. The summed E-state index contributed by atoms with van der Waals surface area (Å²) in [6, 6.07) is 7.77. The first-order chi connectivity index (χ1) is 32.2. The van der Waals surface area contributed by atoms with Gasteiger partial charge in [0.25, 0.3) is 0 Å². The van der Waals surface area contributed by atoms with Crippen molar-refractivity contribution in [3.63, 3.8) is 0 Å². The van der Waals surface area contributed by atoms with Crippen LogP contribution in [0, 0.1) is 5.92 Å². The zero-order valence-electron chi connectivity index (χ0n) is 38.6. The fourth-order valence-corrected chi connectivity index (χ4v) is 6.80. The predicted octanol–water partition coefficient (Wildman–Crippen LogP) is -2.84. The highest BCUT2D eigenvalue weighted by Gasteiger charge is 2.35. The van der Waals surface area contributed by atoms with Crippen LogP contribution in [0.4, 0.5) is 0 Å². The first-order valence-corrected chi connectivity index (χ1v) is 22.5. The maximum atomic E-state index is 14.4. The Morgan fingerprint density at radius 1 is 0.588 bits per heavy atom. The topological polar surface area (TPSA) is 415 Å². The van der Waals surface area contributed by atoms with Crippen molar-refractivity contribution in [2.75, 3.05) is 13.1 Å². The Balaban J connectivity index is 2.46. The Morgan fingerprint density at radius 3 is 1.59 bits per heavy atom. The summed E-state index contributed by atoms with van der Waals surface area (Å²) in [5.74, 6) is -9.14. The van der Waals surface area contributed by atoms with E-state index in [1.807, 2.05) is 0 Å². The summed E-state index contributed by atoms with van der Waals surface area (Å²) in [6.07, 6.45) is -0.0572. The molecule has 0 saturated heterocycles. The second-order valence-corrected chi connectivity index (χ2v) is 16.4. The minimum Gasteiger partial charge on any atom is -0.481 e. The average molecular weight is 952 g/mol. The van der Waals surface area contributed by atoms with Crippen LogP contribution in [0.25, 0.3) is 0 Å². The molecule has 2 aromatic rings. The molecule has 8 atom stereocenters. The van der Waals surface area contributed by atoms with Crippen molar-refractivity contribution in [1.82, 2.24) is 31.9 Å². The molecule has 0 aliphatic rings. The molecule has 8 amide bonds. The standard InChI is InChI=1S/C45H69N13O10/c1-3-26(2)37(44(68)54-30(18-12-22-52-45(50)51)40(64)55-32(38(49)62)23-27-13-6-4-7-14-27)58-43(67)33(24-28-15-8-5-9-16-28)57-41(65)31(19-20-36(60)61)53-42(66)34(25-35(48)59)56-39(63)29(47)17-10-11-21-46/h4-9,13-16,26,29-34,37H,3,10-12,17-25,46-47H2,1-2H3,(H2,48,59)(H2,49,62)(H,53,66)(H,54,68)(H,55,64)(H,56,63)(H,57,65)(H,58,67)(H,60,61)(H4,50,51,52). The number of benzene rings is 2. The van der Waals surface area contributed by atoms with E-state index < -0.39 is 121 Å². The largest absolute Gasteiger partial charge is 0.481 e. The summed E-state index contributed by atoms with van der Waals surface area (Å²) < 4.78 is 0. The molecule has 0 bridgehead atoms. The molecule has 8 unspecified atom stereocenters. The third-order valence-corrected chi connectivity index (χ3v) is 10.9. The van der Waals surface area contributed by atoms with Crippen molar-refractivity contribution >= 4 is 59.2 Å². The number of aliphatic carboxylic acids is 1. The Hall–Kier alpha value is -7.14.